The predicted molar refractivity (Wildman–Crippen MR) is 125 cm³/mol. The van der Waals surface area contributed by atoms with Crippen LogP contribution < -0.4 is 10.1 Å². The summed E-state index contributed by atoms with van der Waals surface area (Å²) in [4.78, 5) is 17.7. The van der Waals surface area contributed by atoms with Crippen molar-refractivity contribution in [3.8, 4) is 17.1 Å². The molecule has 1 aliphatic rings. The van der Waals surface area contributed by atoms with Crippen LogP contribution in [0, 0.1) is 0 Å². The number of carbonyl (C=O) groups is 1. The number of anilines is 1. The van der Waals surface area contributed by atoms with Crippen LogP contribution in [-0.4, -0.2) is 35.5 Å². The van der Waals surface area contributed by atoms with Crippen molar-refractivity contribution in [1.82, 2.24) is 29.6 Å². The zero-order chi connectivity index (χ0) is 22.9. The topological polar surface area (TPSA) is 99.2 Å². The first-order valence-electron chi connectivity index (χ1n) is 11.1. The van der Waals surface area contributed by atoms with Crippen LogP contribution in [0.15, 0.2) is 79.1 Å². The van der Waals surface area contributed by atoms with E-state index in [-0.39, 0.29) is 12.5 Å². The van der Waals surface area contributed by atoms with Crippen LogP contribution in [0.5, 0.6) is 5.75 Å². The van der Waals surface area contributed by atoms with Gasteiger partial charge in [0.05, 0.1) is 17.3 Å². The molecule has 6 rings (SSSR count). The van der Waals surface area contributed by atoms with Crippen molar-refractivity contribution in [2.45, 2.75) is 25.5 Å². The highest BCUT2D eigenvalue weighted by atomic mass is 16.5. The van der Waals surface area contributed by atoms with Gasteiger partial charge in [-0.25, -0.2) is 9.67 Å². The lowest BCUT2D eigenvalue weighted by atomic mass is 10.1. The molecule has 2 aromatic carbocycles. The van der Waals surface area contributed by atoms with E-state index < -0.39 is 0 Å². The van der Waals surface area contributed by atoms with Gasteiger partial charge in [-0.3, -0.25) is 4.79 Å². The lowest BCUT2D eigenvalue weighted by Gasteiger charge is -2.12. The molecule has 1 fully saturated rings. The molecule has 0 unspecified atom stereocenters. The number of nitrogens with one attached hydrogen (secondary N) is 1. The standard InChI is InChI=1S/C25H21N7O2/c33-25(27-18-7-5-6-17(14-18)24-28-29-30-32(24)20-11-12-20)21-8-1-2-9-22(21)34-16-19-15-31-13-4-3-10-23(31)26-19/h1-10,13-15,20H,11-12,16H2,(H,27,33). The highest BCUT2D eigenvalue weighted by molar-refractivity contribution is 6.06. The van der Waals surface area contributed by atoms with Crippen molar-refractivity contribution >= 4 is 17.2 Å². The fraction of sp³-hybridized carbons (Fsp3) is 0.160. The van der Waals surface area contributed by atoms with Crippen molar-refractivity contribution in [1.29, 1.82) is 0 Å². The van der Waals surface area contributed by atoms with E-state index in [4.69, 9.17) is 4.74 Å². The van der Waals surface area contributed by atoms with Crippen LogP contribution in [0.3, 0.4) is 0 Å². The monoisotopic (exact) mass is 451 g/mol. The highest BCUT2D eigenvalue weighted by Crippen LogP contribution is 2.36. The summed E-state index contributed by atoms with van der Waals surface area (Å²) in [6, 6.07) is 20.9. The van der Waals surface area contributed by atoms with Gasteiger partial charge in [-0.1, -0.05) is 30.3 Å². The molecule has 0 bridgehead atoms. The van der Waals surface area contributed by atoms with Gasteiger partial charge in [0.1, 0.15) is 18.0 Å². The van der Waals surface area contributed by atoms with E-state index in [1.54, 1.807) is 12.1 Å². The van der Waals surface area contributed by atoms with Crippen molar-refractivity contribution in [3.05, 3.63) is 90.4 Å². The number of hydrogen-bond acceptors (Lipinski definition) is 6. The summed E-state index contributed by atoms with van der Waals surface area (Å²) in [5.74, 6) is 0.935. The molecule has 168 valence electrons. The predicted octanol–water partition coefficient (Wildman–Crippen LogP) is 4.15. The van der Waals surface area contributed by atoms with E-state index in [9.17, 15) is 4.79 Å². The normalized spacial score (nSPS) is 13.2. The van der Waals surface area contributed by atoms with Gasteiger partial charge in [0.25, 0.3) is 5.91 Å². The maximum Gasteiger partial charge on any atom is 0.259 e. The zero-order valence-corrected chi connectivity index (χ0v) is 18.2. The molecular weight excluding hydrogens is 430 g/mol. The van der Waals surface area contributed by atoms with E-state index in [1.165, 1.54) is 0 Å². The Kier molecular flexibility index (Phi) is 4.99. The fourth-order valence-corrected chi connectivity index (χ4v) is 3.87. The number of nitrogens with zero attached hydrogens (tertiary/aromatic N) is 6. The van der Waals surface area contributed by atoms with Crippen LogP contribution >= 0.6 is 0 Å². The Hall–Kier alpha value is -4.53. The minimum absolute atomic E-state index is 0.255. The molecule has 5 aromatic rings. The summed E-state index contributed by atoms with van der Waals surface area (Å²) >= 11 is 0. The molecule has 0 saturated heterocycles. The Morgan fingerprint density at radius 3 is 2.82 bits per heavy atom. The molecule has 34 heavy (non-hydrogen) atoms. The molecule has 1 saturated carbocycles. The third kappa shape index (κ3) is 3.99. The average molecular weight is 451 g/mol. The number of aromatic nitrogens is 6. The van der Waals surface area contributed by atoms with Gasteiger partial charge in [0.2, 0.25) is 0 Å². The van der Waals surface area contributed by atoms with Gasteiger partial charge in [0.15, 0.2) is 5.82 Å². The van der Waals surface area contributed by atoms with Gasteiger partial charge < -0.3 is 14.5 Å². The number of fused-ring (bicyclic) bond motifs is 1. The SMILES string of the molecule is O=C(Nc1cccc(-c2nnnn2C2CC2)c1)c1ccccc1OCc1cn2ccccc2n1. The average Bonchev–Trinajstić information content (AvgIpc) is 3.43. The first-order valence-corrected chi connectivity index (χ1v) is 11.1. The first-order chi connectivity index (χ1) is 16.7. The number of pyridine rings is 1. The molecule has 1 aliphatic carbocycles. The maximum atomic E-state index is 13.1. The van der Waals surface area contributed by atoms with E-state index >= 15 is 0 Å². The second-order valence-corrected chi connectivity index (χ2v) is 8.20. The Balaban J connectivity index is 1.19. The molecule has 1 amide bonds. The molecule has 3 aromatic heterocycles. The Morgan fingerprint density at radius 2 is 1.94 bits per heavy atom. The van der Waals surface area contributed by atoms with E-state index in [0.717, 1.165) is 29.7 Å². The lowest BCUT2D eigenvalue weighted by molar-refractivity contribution is 0.102. The minimum atomic E-state index is -0.260. The number of benzene rings is 2. The number of tetrazole rings is 1. The summed E-state index contributed by atoms with van der Waals surface area (Å²) in [5, 5.41) is 15.1. The first kappa shape index (κ1) is 20.1. The number of imidazole rings is 1. The maximum absolute atomic E-state index is 13.1. The summed E-state index contributed by atoms with van der Waals surface area (Å²) in [6.07, 6.45) is 6.02. The Bertz CT molecular complexity index is 1450. The van der Waals surface area contributed by atoms with Gasteiger partial charge in [0, 0.05) is 23.6 Å². The van der Waals surface area contributed by atoms with Gasteiger partial charge >= 0.3 is 0 Å². The highest BCUT2D eigenvalue weighted by Gasteiger charge is 2.28. The third-order valence-corrected chi connectivity index (χ3v) is 5.69. The Morgan fingerprint density at radius 1 is 1.06 bits per heavy atom. The van der Waals surface area contributed by atoms with Gasteiger partial charge in [-0.2, -0.15) is 0 Å². The van der Waals surface area contributed by atoms with Crippen molar-refractivity contribution in [2.75, 3.05) is 5.32 Å². The molecular formula is C25H21N7O2. The number of rotatable bonds is 7. The molecule has 0 atom stereocenters. The Labute approximate surface area is 195 Å². The van der Waals surface area contributed by atoms with Crippen LogP contribution in [0.2, 0.25) is 0 Å². The molecule has 0 radical (unpaired) electrons. The number of para-hydroxylation sites is 1. The largest absolute Gasteiger partial charge is 0.486 e. The lowest BCUT2D eigenvalue weighted by Crippen LogP contribution is -2.14. The third-order valence-electron chi connectivity index (χ3n) is 5.69. The molecule has 3 heterocycles. The minimum Gasteiger partial charge on any atom is -0.486 e. The van der Waals surface area contributed by atoms with Gasteiger partial charge in [-0.15, -0.1) is 5.10 Å². The van der Waals surface area contributed by atoms with Crippen molar-refractivity contribution in [2.24, 2.45) is 0 Å². The second-order valence-electron chi connectivity index (χ2n) is 8.20. The number of hydrogen-bond donors (Lipinski definition) is 1. The van der Waals surface area contributed by atoms with Gasteiger partial charge in [-0.05, 0) is 59.7 Å². The quantitative estimate of drug-likeness (QED) is 0.399. The van der Waals surface area contributed by atoms with Crippen LogP contribution in [-0.2, 0) is 6.61 Å². The zero-order valence-electron chi connectivity index (χ0n) is 18.2. The van der Waals surface area contributed by atoms with Crippen LogP contribution in [0.4, 0.5) is 5.69 Å². The molecule has 9 nitrogen and oxygen atoms in total. The molecule has 0 spiro atoms. The van der Waals surface area contributed by atoms with Crippen molar-refractivity contribution < 1.29 is 9.53 Å². The summed E-state index contributed by atoms with van der Waals surface area (Å²) in [5.41, 5.74) is 3.58. The van der Waals surface area contributed by atoms with Crippen LogP contribution in [0.1, 0.15) is 34.9 Å². The molecule has 0 aliphatic heterocycles. The van der Waals surface area contributed by atoms with Crippen molar-refractivity contribution in [3.63, 3.8) is 0 Å². The van der Waals surface area contributed by atoms with E-state index in [2.05, 4.69) is 25.8 Å². The number of carbonyl (C=O) groups excluding carboxylic acids is 1. The number of amides is 1. The molecule has 9 heteroatoms. The summed E-state index contributed by atoms with van der Waals surface area (Å²) in [7, 11) is 0. The smallest absolute Gasteiger partial charge is 0.259 e. The second kappa shape index (κ2) is 8.43. The number of ether oxygens (including phenoxy) is 1. The fourth-order valence-electron chi connectivity index (χ4n) is 3.87. The summed E-state index contributed by atoms with van der Waals surface area (Å²) < 4.78 is 9.76. The van der Waals surface area contributed by atoms with Crippen LogP contribution in [0.25, 0.3) is 17.0 Å². The molecule has 1 N–H and O–H groups in total. The summed E-state index contributed by atoms with van der Waals surface area (Å²) in [6.45, 7) is 0.255. The van der Waals surface area contributed by atoms with E-state index in [1.807, 2.05) is 76.1 Å². The van der Waals surface area contributed by atoms with E-state index in [0.29, 0.717) is 28.9 Å².